The van der Waals surface area contributed by atoms with Gasteiger partial charge in [0.2, 0.25) is 0 Å². The van der Waals surface area contributed by atoms with E-state index in [1.165, 1.54) is 38.8 Å². The summed E-state index contributed by atoms with van der Waals surface area (Å²) in [7, 11) is -3.04. The van der Waals surface area contributed by atoms with Crippen LogP contribution < -0.4 is 5.32 Å². The molecule has 0 aromatic heterocycles. The summed E-state index contributed by atoms with van der Waals surface area (Å²) in [6.07, 6.45) is 4.94. The van der Waals surface area contributed by atoms with Gasteiger partial charge in [-0.1, -0.05) is 26.7 Å². The van der Waals surface area contributed by atoms with E-state index in [1.54, 1.807) is 0 Å². The van der Waals surface area contributed by atoms with Gasteiger partial charge in [0.05, 0.1) is 17.0 Å². The van der Waals surface area contributed by atoms with Crippen molar-refractivity contribution in [2.45, 2.75) is 71.1 Å². The fraction of sp³-hybridized carbons (Fsp3) is 0.950. The predicted octanol–water partition coefficient (Wildman–Crippen LogP) is 2.36. The summed E-state index contributed by atoms with van der Waals surface area (Å²) in [5, 5.41) is 3.40. The summed E-state index contributed by atoms with van der Waals surface area (Å²) in [6.45, 7) is 15.3. The second-order valence-corrected chi connectivity index (χ2v) is 11.3. The highest BCUT2D eigenvalue weighted by Gasteiger charge is 2.41. The summed E-state index contributed by atoms with van der Waals surface area (Å²) in [6, 6.07) is 0.484. The quantitative estimate of drug-likeness (QED) is 0.525. The van der Waals surface area contributed by atoms with Crippen LogP contribution in [0.3, 0.4) is 0 Å². The molecule has 0 spiro atoms. The normalized spacial score (nSPS) is 24.4. The van der Waals surface area contributed by atoms with Crippen molar-refractivity contribution in [2.75, 3.05) is 45.0 Å². The minimum atomic E-state index is -3.04. The topological polar surface area (TPSA) is 65.0 Å². The molecule has 2 aliphatic rings. The van der Waals surface area contributed by atoms with E-state index in [2.05, 4.69) is 35.9 Å². The van der Waals surface area contributed by atoms with Crippen molar-refractivity contribution in [2.24, 2.45) is 10.9 Å². The van der Waals surface area contributed by atoms with Crippen LogP contribution in [0.4, 0.5) is 0 Å². The Morgan fingerprint density at radius 3 is 2.26 bits per heavy atom. The fourth-order valence-electron chi connectivity index (χ4n) is 4.40. The Labute approximate surface area is 166 Å². The first kappa shape index (κ1) is 22.5. The van der Waals surface area contributed by atoms with E-state index in [-0.39, 0.29) is 5.75 Å². The monoisotopic (exact) mass is 400 g/mol. The molecule has 2 saturated heterocycles. The molecule has 27 heavy (non-hydrogen) atoms. The van der Waals surface area contributed by atoms with Crippen LogP contribution >= 0.6 is 0 Å². The van der Waals surface area contributed by atoms with Crippen LogP contribution in [0.1, 0.15) is 60.3 Å². The van der Waals surface area contributed by atoms with Gasteiger partial charge in [-0.05, 0) is 52.6 Å². The minimum Gasteiger partial charge on any atom is -0.357 e. The summed E-state index contributed by atoms with van der Waals surface area (Å²) in [5.74, 6) is 1.73. The van der Waals surface area contributed by atoms with Gasteiger partial charge in [0.15, 0.2) is 15.8 Å². The van der Waals surface area contributed by atoms with Gasteiger partial charge in [0.25, 0.3) is 0 Å². The second kappa shape index (κ2) is 9.59. The smallest absolute Gasteiger partial charge is 0.194 e. The summed E-state index contributed by atoms with van der Waals surface area (Å²) in [5.41, 5.74) is 0. The minimum absolute atomic E-state index is 0.201. The summed E-state index contributed by atoms with van der Waals surface area (Å²) >= 11 is 0. The van der Waals surface area contributed by atoms with Crippen molar-refractivity contribution < 1.29 is 8.42 Å². The highest BCUT2D eigenvalue weighted by atomic mass is 32.2. The summed E-state index contributed by atoms with van der Waals surface area (Å²) < 4.78 is 24.0. The molecule has 1 unspecified atom stereocenters. The lowest BCUT2D eigenvalue weighted by Gasteiger charge is -2.39. The van der Waals surface area contributed by atoms with Gasteiger partial charge in [0, 0.05) is 25.7 Å². The molecule has 0 saturated carbocycles. The molecule has 0 bridgehead atoms. The zero-order valence-corrected chi connectivity index (χ0v) is 18.8. The van der Waals surface area contributed by atoms with Crippen molar-refractivity contribution in [1.29, 1.82) is 0 Å². The van der Waals surface area contributed by atoms with Gasteiger partial charge in [-0.3, -0.25) is 9.89 Å². The number of likely N-dealkylation sites (tertiary alicyclic amines) is 1. The molecule has 7 heteroatoms. The zero-order chi connectivity index (χ0) is 20.1. The third kappa shape index (κ3) is 5.37. The van der Waals surface area contributed by atoms with Crippen molar-refractivity contribution >= 4 is 15.8 Å². The van der Waals surface area contributed by atoms with Crippen LogP contribution in [0.15, 0.2) is 4.99 Å². The maximum atomic E-state index is 12.3. The second-order valence-electron chi connectivity index (χ2n) is 8.58. The molecule has 0 amide bonds. The van der Waals surface area contributed by atoms with Crippen LogP contribution in [0.25, 0.3) is 0 Å². The molecule has 6 nitrogen and oxygen atoms in total. The van der Waals surface area contributed by atoms with Crippen LogP contribution in [0, 0.1) is 5.92 Å². The Kier molecular flexibility index (Phi) is 7.98. The first-order valence-electron chi connectivity index (χ1n) is 10.7. The molecule has 2 fully saturated rings. The lowest BCUT2D eigenvalue weighted by atomic mass is 9.93. The van der Waals surface area contributed by atoms with E-state index in [0.717, 1.165) is 19.0 Å². The number of hydrogen-bond donors (Lipinski definition) is 1. The number of hydrogen-bond acceptors (Lipinski definition) is 4. The van der Waals surface area contributed by atoms with Crippen molar-refractivity contribution in [3.05, 3.63) is 0 Å². The number of nitrogens with one attached hydrogen (secondary N) is 1. The lowest BCUT2D eigenvalue weighted by molar-refractivity contribution is 0.171. The van der Waals surface area contributed by atoms with E-state index in [9.17, 15) is 8.42 Å². The fourth-order valence-corrected chi connectivity index (χ4v) is 5.76. The number of nitrogens with zero attached hydrogens (tertiary/aromatic N) is 3. The van der Waals surface area contributed by atoms with Crippen molar-refractivity contribution in [3.63, 3.8) is 0 Å². The predicted molar refractivity (Wildman–Crippen MR) is 114 cm³/mol. The van der Waals surface area contributed by atoms with Crippen LogP contribution in [0.2, 0.25) is 0 Å². The molecular formula is C20H40N4O2S. The van der Waals surface area contributed by atoms with Crippen LogP contribution in [-0.2, 0) is 9.84 Å². The molecule has 2 aliphatic heterocycles. The van der Waals surface area contributed by atoms with E-state index in [4.69, 9.17) is 4.99 Å². The molecule has 2 rings (SSSR count). The van der Waals surface area contributed by atoms with E-state index in [1.807, 2.05) is 13.8 Å². The highest BCUT2D eigenvalue weighted by molar-refractivity contribution is 7.92. The Bertz CT molecular complexity index is 591. The number of sulfone groups is 1. The summed E-state index contributed by atoms with van der Waals surface area (Å²) in [4.78, 5) is 9.76. The lowest BCUT2D eigenvalue weighted by Crippen LogP contribution is -2.57. The zero-order valence-electron chi connectivity index (χ0n) is 18.0. The third-order valence-electron chi connectivity index (χ3n) is 6.31. The van der Waals surface area contributed by atoms with Gasteiger partial charge in [-0.15, -0.1) is 0 Å². The SMILES string of the molecule is CCNC(=NCC(C(CC)CC)N1CCCC1)N1CCS(=O)(=O)C(C)(C)C1. The molecule has 0 aromatic rings. The molecule has 1 N–H and O–H groups in total. The largest absolute Gasteiger partial charge is 0.357 e. The molecule has 0 aliphatic carbocycles. The maximum absolute atomic E-state index is 12.3. The molecule has 158 valence electrons. The van der Waals surface area contributed by atoms with E-state index in [0.29, 0.717) is 25.0 Å². The van der Waals surface area contributed by atoms with Gasteiger partial charge >= 0.3 is 0 Å². The van der Waals surface area contributed by atoms with Crippen LogP contribution in [0.5, 0.6) is 0 Å². The van der Waals surface area contributed by atoms with Gasteiger partial charge in [-0.2, -0.15) is 0 Å². The Balaban J connectivity index is 2.17. The number of guanidine groups is 1. The molecule has 0 radical (unpaired) electrons. The number of aliphatic imine (C=N–C) groups is 1. The third-order valence-corrected chi connectivity index (χ3v) is 8.84. The standard InChI is InChI=1S/C20H40N4O2S/c1-6-17(7-2)18(23-11-9-10-12-23)15-22-19(21-8-3)24-13-14-27(25,26)20(4,5)16-24/h17-18H,6-16H2,1-5H3,(H,21,22). The molecule has 2 heterocycles. The van der Waals surface area contributed by atoms with E-state index < -0.39 is 14.6 Å². The first-order valence-corrected chi connectivity index (χ1v) is 12.4. The highest BCUT2D eigenvalue weighted by Crippen LogP contribution is 2.25. The van der Waals surface area contributed by atoms with Gasteiger partial charge in [0.1, 0.15) is 0 Å². The average Bonchev–Trinajstić information content (AvgIpc) is 3.14. The Morgan fingerprint density at radius 2 is 1.74 bits per heavy atom. The maximum Gasteiger partial charge on any atom is 0.194 e. The molecule has 1 atom stereocenters. The first-order chi connectivity index (χ1) is 12.8. The Hall–Kier alpha value is -0.820. The van der Waals surface area contributed by atoms with Gasteiger partial charge in [-0.25, -0.2) is 8.42 Å². The van der Waals surface area contributed by atoms with Crippen molar-refractivity contribution in [1.82, 2.24) is 15.1 Å². The van der Waals surface area contributed by atoms with Crippen LogP contribution in [-0.4, -0.2) is 80.0 Å². The average molecular weight is 401 g/mol. The molecule has 0 aromatic carbocycles. The van der Waals surface area contributed by atoms with Gasteiger partial charge < -0.3 is 10.2 Å². The molecular weight excluding hydrogens is 360 g/mol. The number of rotatable bonds is 7. The van der Waals surface area contributed by atoms with Crippen molar-refractivity contribution in [3.8, 4) is 0 Å². The van der Waals surface area contributed by atoms with E-state index >= 15 is 0 Å². The Morgan fingerprint density at radius 1 is 1.11 bits per heavy atom.